The molecule has 0 atom stereocenters. The highest BCUT2D eigenvalue weighted by Gasteiger charge is 2.34. The van der Waals surface area contributed by atoms with E-state index in [2.05, 4.69) is 4.74 Å². The van der Waals surface area contributed by atoms with Crippen LogP contribution < -0.4 is 10.3 Å². The highest BCUT2D eigenvalue weighted by atomic mass is 19.4. The lowest BCUT2D eigenvalue weighted by Crippen LogP contribution is -2.21. The quantitative estimate of drug-likeness (QED) is 0.624. The third-order valence-corrected chi connectivity index (χ3v) is 1.52. The standard InChI is InChI=1S/C8H4F4N2O2/c9-7-6(16-8(10,11)12)4(1-2-13)3-5(15)14-7/h3H,1H2,(H,14,15). The van der Waals surface area contributed by atoms with E-state index in [4.69, 9.17) is 5.26 Å². The number of halogens is 4. The van der Waals surface area contributed by atoms with Crippen molar-refractivity contribution in [1.82, 2.24) is 4.98 Å². The molecule has 16 heavy (non-hydrogen) atoms. The van der Waals surface area contributed by atoms with E-state index >= 15 is 0 Å². The lowest BCUT2D eigenvalue weighted by Gasteiger charge is -2.11. The van der Waals surface area contributed by atoms with Crippen LogP contribution in [0.5, 0.6) is 5.75 Å². The summed E-state index contributed by atoms with van der Waals surface area (Å²) < 4.78 is 52.0. The molecule has 0 saturated heterocycles. The van der Waals surface area contributed by atoms with Crippen LogP contribution in [-0.4, -0.2) is 11.3 Å². The minimum absolute atomic E-state index is 0.457. The molecular weight excluding hydrogens is 232 g/mol. The first-order valence-corrected chi connectivity index (χ1v) is 3.88. The van der Waals surface area contributed by atoms with Gasteiger partial charge in [-0.25, -0.2) is 0 Å². The van der Waals surface area contributed by atoms with Gasteiger partial charge in [-0.15, -0.1) is 13.2 Å². The molecule has 1 aromatic rings. The van der Waals surface area contributed by atoms with E-state index in [0.29, 0.717) is 6.07 Å². The second kappa shape index (κ2) is 4.22. The third-order valence-electron chi connectivity index (χ3n) is 1.52. The zero-order valence-corrected chi connectivity index (χ0v) is 7.56. The first-order valence-electron chi connectivity index (χ1n) is 3.88. The SMILES string of the molecule is N#CCc1cc(=O)[nH]c(F)c1OC(F)(F)F. The highest BCUT2D eigenvalue weighted by Crippen LogP contribution is 2.27. The number of ether oxygens (including phenoxy) is 1. The predicted octanol–water partition coefficient (Wildman–Crippen LogP) is 1.48. The number of nitriles is 1. The Morgan fingerprint density at radius 2 is 2.12 bits per heavy atom. The minimum Gasteiger partial charge on any atom is -0.401 e. The average molecular weight is 236 g/mol. The average Bonchev–Trinajstić information content (AvgIpc) is 2.10. The van der Waals surface area contributed by atoms with Crippen molar-refractivity contribution < 1.29 is 22.3 Å². The molecule has 0 spiro atoms. The summed E-state index contributed by atoms with van der Waals surface area (Å²) in [4.78, 5) is 12.3. The first kappa shape index (κ1) is 12.0. The number of nitrogens with one attached hydrogen (secondary N) is 1. The van der Waals surface area contributed by atoms with Crippen molar-refractivity contribution in [1.29, 1.82) is 5.26 Å². The molecule has 0 saturated carbocycles. The number of pyridine rings is 1. The van der Waals surface area contributed by atoms with Crippen LogP contribution in [0.15, 0.2) is 10.9 Å². The van der Waals surface area contributed by atoms with Crippen LogP contribution in [0.25, 0.3) is 0 Å². The maximum absolute atomic E-state index is 13.0. The summed E-state index contributed by atoms with van der Waals surface area (Å²) in [5, 5.41) is 8.30. The molecule has 0 amide bonds. The lowest BCUT2D eigenvalue weighted by molar-refractivity contribution is -0.276. The van der Waals surface area contributed by atoms with Gasteiger partial charge >= 0.3 is 6.36 Å². The maximum Gasteiger partial charge on any atom is 0.573 e. The minimum atomic E-state index is -5.09. The number of hydrogen-bond donors (Lipinski definition) is 1. The van der Waals surface area contributed by atoms with Crippen LogP contribution in [0.1, 0.15) is 5.56 Å². The monoisotopic (exact) mass is 236 g/mol. The van der Waals surface area contributed by atoms with Crippen molar-refractivity contribution in [2.75, 3.05) is 0 Å². The normalized spacial score (nSPS) is 10.9. The topological polar surface area (TPSA) is 65.9 Å². The number of H-pyrrole nitrogens is 1. The molecule has 0 bridgehead atoms. The Morgan fingerprint density at radius 1 is 1.50 bits per heavy atom. The highest BCUT2D eigenvalue weighted by molar-refractivity contribution is 5.33. The fraction of sp³-hybridized carbons (Fsp3) is 0.250. The van der Waals surface area contributed by atoms with E-state index in [0.717, 1.165) is 0 Å². The van der Waals surface area contributed by atoms with Crippen LogP contribution in [-0.2, 0) is 6.42 Å². The van der Waals surface area contributed by atoms with Gasteiger partial charge in [0, 0.05) is 11.6 Å². The van der Waals surface area contributed by atoms with Crippen LogP contribution in [0, 0.1) is 17.3 Å². The van der Waals surface area contributed by atoms with E-state index in [1.807, 2.05) is 0 Å². The van der Waals surface area contributed by atoms with Crippen LogP contribution in [0.2, 0.25) is 0 Å². The fourth-order valence-corrected chi connectivity index (χ4v) is 1.01. The van der Waals surface area contributed by atoms with Crippen molar-refractivity contribution in [2.24, 2.45) is 0 Å². The largest absolute Gasteiger partial charge is 0.573 e. The second-order valence-corrected chi connectivity index (χ2v) is 2.68. The van der Waals surface area contributed by atoms with Gasteiger partial charge in [0.05, 0.1) is 12.5 Å². The van der Waals surface area contributed by atoms with Gasteiger partial charge in [0.25, 0.3) is 5.56 Å². The summed E-state index contributed by atoms with van der Waals surface area (Å²) in [6, 6.07) is 2.17. The van der Waals surface area contributed by atoms with Gasteiger partial charge in [-0.3, -0.25) is 9.78 Å². The van der Waals surface area contributed by atoms with Gasteiger partial charge < -0.3 is 4.74 Å². The first-order chi connectivity index (χ1) is 7.33. The lowest BCUT2D eigenvalue weighted by atomic mass is 10.2. The van der Waals surface area contributed by atoms with E-state index in [1.54, 1.807) is 0 Å². The van der Waals surface area contributed by atoms with E-state index in [-0.39, 0.29) is 0 Å². The van der Waals surface area contributed by atoms with Crippen molar-refractivity contribution in [3.63, 3.8) is 0 Å². The summed E-state index contributed by atoms with van der Waals surface area (Å²) in [7, 11) is 0. The smallest absolute Gasteiger partial charge is 0.401 e. The van der Waals surface area contributed by atoms with Gasteiger partial charge in [0.1, 0.15) is 0 Å². The fourth-order valence-electron chi connectivity index (χ4n) is 1.01. The van der Waals surface area contributed by atoms with Crippen LogP contribution in [0.3, 0.4) is 0 Å². The molecular formula is C8H4F4N2O2. The van der Waals surface area contributed by atoms with Gasteiger partial charge in [-0.2, -0.15) is 9.65 Å². The molecule has 1 rings (SSSR count). The molecule has 0 aliphatic heterocycles. The predicted molar refractivity (Wildman–Crippen MR) is 43.0 cm³/mol. The second-order valence-electron chi connectivity index (χ2n) is 2.68. The Kier molecular flexibility index (Phi) is 3.17. The Hall–Kier alpha value is -2.04. The Labute approximate surface area is 86.1 Å². The van der Waals surface area contributed by atoms with Crippen molar-refractivity contribution >= 4 is 0 Å². The summed E-state index contributed by atoms with van der Waals surface area (Å²) in [5.74, 6) is -2.75. The maximum atomic E-state index is 13.0. The van der Waals surface area contributed by atoms with Crippen molar-refractivity contribution in [3.05, 3.63) is 27.9 Å². The molecule has 1 heterocycles. The van der Waals surface area contributed by atoms with E-state index in [9.17, 15) is 22.4 Å². The zero-order chi connectivity index (χ0) is 12.3. The van der Waals surface area contributed by atoms with E-state index in [1.165, 1.54) is 11.1 Å². The number of aromatic amines is 1. The van der Waals surface area contributed by atoms with Gasteiger partial charge in [-0.05, 0) is 0 Å². The molecule has 86 valence electrons. The Morgan fingerprint density at radius 3 is 2.62 bits per heavy atom. The summed E-state index contributed by atoms with van der Waals surface area (Å²) >= 11 is 0. The van der Waals surface area contributed by atoms with Gasteiger partial charge in [0.2, 0.25) is 5.95 Å². The molecule has 0 aliphatic rings. The van der Waals surface area contributed by atoms with Crippen molar-refractivity contribution in [2.45, 2.75) is 12.8 Å². The molecule has 1 N–H and O–H groups in total. The molecule has 0 unspecified atom stereocenters. The molecule has 8 heteroatoms. The summed E-state index contributed by atoms with van der Waals surface area (Å²) in [5.41, 5.74) is -1.40. The summed E-state index contributed by atoms with van der Waals surface area (Å²) in [6.45, 7) is 0. The third kappa shape index (κ3) is 2.98. The number of aromatic nitrogens is 1. The van der Waals surface area contributed by atoms with Crippen LogP contribution >= 0.6 is 0 Å². The van der Waals surface area contributed by atoms with Gasteiger partial charge in [0.15, 0.2) is 5.75 Å². The van der Waals surface area contributed by atoms with Crippen molar-refractivity contribution in [3.8, 4) is 11.8 Å². The molecule has 1 aromatic heterocycles. The number of nitrogens with zero attached hydrogens (tertiary/aromatic N) is 1. The molecule has 0 aliphatic carbocycles. The zero-order valence-electron chi connectivity index (χ0n) is 7.56. The Bertz CT molecular complexity index is 486. The molecule has 0 radical (unpaired) electrons. The molecule has 0 aromatic carbocycles. The molecule has 4 nitrogen and oxygen atoms in total. The number of rotatable bonds is 2. The number of alkyl halides is 3. The molecule has 0 fully saturated rings. The number of hydrogen-bond acceptors (Lipinski definition) is 3. The van der Waals surface area contributed by atoms with Crippen LogP contribution in [0.4, 0.5) is 17.6 Å². The van der Waals surface area contributed by atoms with E-state index < -0.39 is 35.6 Å². The van der Waals surface area contributed by atoms with Gasteiger partial charge in [-0.1, -0.05) is 0 Å². The Balaban J connectivity index is 3.25. The summed E-state index contributed by atoms with van der Waals surface area (Å²) in [6.07, 6.45) is -5.66.